The second-order valence-electron chi connectivity index (χ2n) is 7.73. The molecule has 4 nitrogen and oxygen atoms in total. The molecule has 3 aliphatic rings. The Bertz CT molecular complexity index is 638. The van der Waals surface area contributed by atoms with Gasteiger partial charge in [-0.05, 0) is 49.0 Å². The lowest BCUT2D eigenvalue weighted by molar-refractivity contribution is 0.00215. The average Bonchev–Trinajstić information content (AvgIpc) is 3.33. The summed E-state index contributed by atoms with van der Waals surface area (Å²) >= 11 is 1.98. The zero-order chi connectivity index (χ0) is 17.3. The van der Waals surface area contributed by atoms with Crippen LogP contribution in [0.15, 0.2) is 24.3 Å². The van der Waals surface area contributed by atoms with Gasteiger partial charge in [0.05, 0.1) is 6.04 Å². The minimum Gasteiger partial charge on any atom is -0.381 e. The Kier molecular flexibility index (Phi) is 4.71. The first-order valence-electron chi connectivity index (χ1n) is 9.50. The van der Waals surface area contributed by atoms with Crippen molar-refractivity contribution in [2.75, 3.05) is 25.5 Å². The van der Waals surface area contributed by atoms with E-state index in [-0.39, 0.29) is 17.5 Å². The van der Waals surface area contributed by atoms with Crippen molar-refractivity contribution in [1.82, 2.24) is 10.6 Å². The van der Waals surface area contributed by atoms with Gasteiger partial charge in [0.25, 0.3) is 0 Å². The molecule has 1 spiro atoms. The summed E-state index contributed by atoms with van der Waals surface area (Å²) in [5.41, 5.74) is 2.80. The van der Waals surface area contributed by atoms with Gasteiger partial charge in [0, 0.05) is 29.9 Å². The molecule has 1 saturated heterocycles. The molecule has 1 heterocycles. The van der Waals surface area contributed by atoms with Crippen LogP contribution >= 0.6 is 11.8 Å². The van der Waals surface area contributed by atoms with E-state index in [1.165, 1.54) is 24.0 Å². The predicted molar refractivity (Wildman–Crippen MR) is 102 cm³/mol. The third-order valence-corrected chi connectivity index (χ3v) is 7.57. The molecule has 136 valence electrons. The molecular weight excluding hydrogens is 332 g/mol. The van der Waals surface area contributed by atoms with Gasteiger partial charge < -0.3 is 15.4 Å². The topological polar surface area (TPSA) is 50.4 Å². The maximum absolute atomic E-state index is 12.7. The van der Waals surface area contributed by atoms with Gasteiger partial charge in [-0.3, -0.25) is 0 Å². The monoisotopic (exact) mass is 360 g/mol. The smallest absolute Gasteiger partial charge is 0.315 e. The van der Waals surface area contributed by atoms with Crippen molar-refractivity contribution >= 4 is 17.8 Å². The summed E-state index contributed by atoms with van der Waals surface area (Å²) in [7, 11) is 0. The lowest BCUT2D eigenvalue weighted by Gasteiger charge is -2.39. The zero-order valence-electron chi connectivity index (χ0n) is 15.0. The number of nitrogens with one attached hydrogen (secondary N) is 2. The lowest BCUT2D eigenvalue weighted by Crippen LogP contribution is -2.47. The van der Waals surface area contributed by atoms with E-state index in [0.29, 0.717) is 4.75 Å². The van der Waals surface area contributed by atoms with Crippen LogP contribution in [0, 0.1) is 5.41 Å². The third-order valence-electron chi connectivity index (χ3n) is 6.11. The van der Waals surface area contributed by atoms with Crippen molar-refractivity contribution in [2.24, 2.45) is 5.41 Å². The number of ether oxygens (including phenoxy) is 1. The Morgan fingerprint density at radius 2 is 2.00 bits per heavy atom. The van der Waals surface area contributed by atoms with Gasteiger partial charge in [0.1, 0.15) is 0 Å². The summed E-state index contributed by atoms with van der Waals surface area (Å²) in [5.74, 6) is 1.11. The second kappa shape index (κ2) is 6.84. The van der Waals surface area contributed by atoms with Gasteiger partial charge in [-0.2, -0.15) is 11.8 Å². The van der Waals surface area contributed by atoms with Crippen LogP contribution in [0.4, 0.5) is 4.79 Å². The molecule has 1 unspecified atom stereocenters. The fourth-order valence-corrected chi connectivity index (χ4v) is 5.68. The van der Waals surface area contributed by atoms with E-state index in [2.05, 4.69) is 41.8 Å². The summed E-state index contributed by atoms with van der Waals surface area (Å²) in [6, 6.07) is 8.66. The minimum absolute atomic E-state index is 0.0180. The number of rotatable bonds is 5. The highest BCUT2D eigenvalue weighted by atomic mass is 32.2. The Hall–Kier alpha value is -1.20. The zero-order valence-corrected chi connectivity index (χ0v) is 15.8. The molecule has 2 aliphatic carbocycles. The van der Waals surface area contributed by atoms with Crippen LogP contribution in [0.1, 0.15) is 49.8 Å². The SMILES string of the molecule is CCSC1(CNC(=O)NC2c3ccccc3CC23CCOCC3)CC1. The molecule has 0 bridgehead atoms. The van der Waals surface area contributed by atoms with Gasteiger partial charge in [-0.15, -0.1) is 0 Å². The molecule has 4 rings (SSSR count). The van der Waals surface area contributed by atoms with Crippen LogP contribution in [0.2, 0.25) is 0 Å². The summed E-state index contributed by atoms with van der Waals surface area (Å²) in [4.78, 5) is 12.7. The quantitative estimate of drug-likeness (QED) is 0.842. The number of fused-ring (bicyclic) bond motifs is 1. The highest BCUT2D eigenvalue weighted by molar-refractivity contribution is 8.00. The molecule has 1 saturated carbocycles. The number of benzene rings is 1. The maximum Gasteiger partial charge on any atom is 0.315 e. The fourth-order valence-electron chi connectivity index (χ4n) is 4.50. The van der Waals surface area contributed by atoms with Crippen LogP contribution in [-0.2, 0) is 11.2 Å². The van der Waals surface area contributed by atoms with Gasteiger partial charge in [-0.1, -0.05) is 31.2 Å². The third kappa shape index (κ3) is 3.41. The molecule has 1 aromatic rings. The Morgan fingerprint density at radius 3 is 2.72 bits per heavy atom. The first kappa shape index (κ1) is 17.2. The van der Waals surface area contributed by atoms with Crippen molar-refractivity contribution in [3.8, 4) is 0 Å². The molecule has 0 radical (unpaired) electrons. The number of amides is 2. The number of hydrogen-bond acceptors (Lipinski definition) is 3. The van der Waals surface area contributed by atoms with Crippen molar-refractivity contribution < 1.29 is 9.53 Å². The van der Waals surface area contributed by atoms with E-state index in [0.717, 1.165) is 44.8 Å². The number of carbonyl (C=O) groups excluding carboxylic acids is 1. The maximum atomic E-state index is 12.7. The lowest BCUT2D eigenvalue weighted by atomic mass is 9.74. The summed E-state index contributed by atoms with van der Waals surface area (Å²) < 4.78 is 5.91. The number of hydrogen-bond donors (Lipinski definition) is 2. The van der Waals surface area contributed by atoms with Gasteiger partial charge >= 0.3 is 6.03 Å². The second-order valence-corrected chi connectivity index (χ2v) is 9.46. The Morgan fingerprint density at radius 1 is 1.24 bits per heavy atom. The van der Waals surface area contributed by atoms with Gasteiger partial charge in [0.2, 0.25) is 0 Å². The minimum atomic E-state index is -0.0180. The van der Waals surface area contributed by atoms with Gasteiger partial charge in [-0.25, -0.2) is 4.79 Å². The van der Waals surface area contributed by atoms with Crippen molar-refractivity contribution in [3.63, 3.8) is 0 Å². The van der Waals surface area contributed by atoms with Crippen molar-refractivity contribution in [2.45, 2.75) is 49.8 Å². The highest BCUT2D eigenvalue weighted by Crippen LogP contribution is 2.51. The first-order valence-corrected chi connectivity index (χ1v) is 10.5. The Balaban J connectivity index is 1.45. The normalized spacial score (nSPS) is 25.4. The predicted octanol–water partition coefficient (Wildman–Crippen LogP) is 3.67. The van der Waals surface area contributed by atoms with E-state index in [1.54, 1.807) is 0 Å². The standard InChI is InChI=1S/C20H28N2O2S/c1-2-25-20(7-8-20)14-21-18(23)22-17-16-6-4-3-5-15(16)13-19(17)9-11-24-12-10-19/h3-6,17H,2,7-14H2,1H3,(H2,21,22,23). The largest absolute Gasteiger partial charge is 0.381 e. The molecule has 2 N–H and O–H groups in total. The molecule has 2 amide bonds. The fraction of sp³-hybridized carbons (Fsp3) is 0.650. The van der Waals surface area contributed by atoms with Gasteiger partial charge in [0.15, 0.2) is 0 Å². The Labute approximate surface area is 154 Å². The highest BCUT2D eigenvalue weighted by Gasteiger charge is 2.48. The van der Waals surface area contributed by atoms with Crippen LogP contribution in [0.3, 0.4) is 0 Å². The molecule has 1 aromatic carbocycles. The van der Waals surface area contributed by atoms with Crippen LogP contribution in [-0.4, -0.2) is 36.3 Å². The van der Waals surface area contributed by atoms with E-state index < -0.39 is 0 Å². The summed E-state index contributed by atoms with van der Waals surface area (Å²) in [5, 5.41) is 6.47. The molecule has 5 heteroatoms. The summed E-state index contributed by atoms with van der Waals surface area (Å²) in [6.45, 7) is 4.56. The number of thioether (sulfide) groups is 1. The molecule has 0 aromatic heterocycles. The molecule has 25 heavy (non-hydrogen) atoms. The van der Waals surface area contributed by atoms with Crippen molar-refractivity contribution in [3.05, 3.63) is 35.4 Å². The van der Waals surface area contributed by atoms with Crippen LogP contribution in [0.5, 0.6) is 0 Å². The molecule has 2 fully saturated rings. The van der Waals surface area contributed by atoms with E-state index in [4.69, 9.17) is 4.74 Å². The van der Waals surface area contributed by atoms with E-state index in [1.807, 2.05) is 11.8 Å². The van der Waals surface area contributed by atoms with E-state index in [9.17, 15) is 4.79 Å². The first-order chi connectivity index (χ1) is 12.2. The number of carbonyl (C=O) groups is 1. The van der Waals surface area contributed by atoms with Crippen LogP contribution < -0.4 is 10.6 Å². The average molecular weight is 361 g/mol. The molecular formula is C20H28N2O2S. The van der Waals surface area contributed by atoms with Crippen molar-refractivity contribution in [1.29, 1.82) is 0 Å². The van der Waals surface area contributed by atoms with E-state index >= 15 is 0 Å². The van der Waals surface area contributed by atoms with Crippen LogP contribution in [0.25, 0.3) is 0 Å². The molecule has 1 atom stereocenters. The number of urea groups is 1. The summed E-state index contributed by atoms with van der Waals surface area (Å²) in [6.07, 6.45) is 5.52. The molecule has 1 aliphatic heterocycles.